The first-order valence-electron chi connectivity index (χ1n) is 58.3. The third-order valence-corrected chi connectivity index (χ3v) is 33.9. The third-order valence-electron chi connectivity index (χ3n) is 33.9. The summed E-state index contributed by atoms with van der Waals surface area (Å²) in [5, 5.41) is 0. The van der Waals surface area contributed by atoms with Crippen molar-refractivity contribution in [2.24, 2.45) is 178 Å². The van der Waals surface area contributed by atoms with Gasteiger partial charge in [-0.2, -0.15) is 0 Å². The Kier molecular flexibility index (Phi) is 73.1. The highest BCUT2D eigenvalue weighted by atomic mass is 15.2. The molecule has 778 valence electrons. The average molecular weight is 1820 g/mol. The van der Waals surface area contributed by atoms with Crippen LogP contribution in [0.2, 0.25) is 0 Å². The Bertz CT molecular complexity index is 2160. The van der Waals surface area contributed by atoms with Crippen molar-refractivity contribution in [3.63, 3.8) is 0 Å². The molecule has 0 radical (unpaired) electrons. The molecule has 6 nitrogen and oxygen atoms in total. The summed E-state index contributed by atoms with van der Waals surface area (Å²) in [4.78, 5) is 15.6. The van der Waals surface area contributed by atoms with Crippen LogP contribution < -0.4 is 0 Å². The number of rotatable bonds is 29. The van der Waals surface area contributed by atoms with Crippen molar-refractivity contribution >= 4 is 0 Å². The van der Waals surface area contributed by atoms with Crippen molar-refractivity contribution in [2.75, 3.05) is 65.4 Å². The molecular weight excluding hydrogens is 1560 g/mol. The normalized spacial score (nSPS) is 26.6. The van der Waals surface area contributed by atoms with Gasteiger partial charge in [0, 0.05) is 87.6 Å². The van der Waals surface area contributed by atoms with Crippen LogP contribution in [0.3, 0.4) is 0 Å². The fraction of sp³-hybridized carbons (Fsp3) is 1.00. The molecule has 6 heteroatoms. The van der Waals surface area contributed by atoms with Crippen LogP contribution in [-0.2, 0) is 0 Å². The molecule has 10 fully saturated rings. The van der Waals surface area contributed by atoms with Gasteiger partial charge < -0.3 is 19.6 Å². The molecule has 0 bridgehead atoms. The summed E-state index contributed by atoms with van der Waals surface area (Å²) < 4.78 is 0. The summed E-state index contributed by atoms with van der Waals surface area (Å²) in [6, 6.07) is 6.29. The standard InChI is InChI=1S/2C12H24.2C11H23N.4C10H21N.2C10H20.C9H20.C8H18/c2*1-9(2)11-5-7-12(8-6-11)10(3)4;2*1-9(2)11-6-5-7-12(8-11)10(3)4;2*1-8(2)10-5-6-11(7-10)9(3)4;2*1-8(2)7-10-5-6-11(10)9(3)4;2*1-7(2)9-5-10(6-9)8(3)4;1-8(2)6-5-7-9(3)4;1-7(2)5-6-8(3)4/h2*9-12H,5-8H2,1-4H3;2*9-11H,5-8H2,1-4H3;4*8-10H,5-7H2,1-4H3;2*7-10H,5-6H2,1-4H3;8-9H,5-7H2,1-4H3;7-8H,5-6H2,1-4H3/t;;2*11-;;;10-;;;;;/m..10..0...../s1. The maximum atomic E-state index is 2.62. The van der Waals surface area contributed by atoms with Crippen LogP contribution in [0.5, 0.6) is 0 Å². The molecule has 6 saturated heterocycles. The van der Waals surface area contributed by atoms with Gasteiger partial charge in [0.25, 0.3) is 0 Å². The molecule has 0 aromatic heterocycles. The van der Waals surface area contributed by atoms with E-state index in [1.807, 2.05) is 0 Å². The van der Waals surface area contributed by atoms with Gasteiger partial charge in [-0.25, -0.2) is 0 Å². The molecule has 6 atom stereocenters. The molecule has 3 unspecified atom stereocenters. The highest BCUT2D eigenvalue weighted by Gasteiger charge is 2.37. The van der Waals surface area contributed by atoms with Gasteiger partial charge in [0.1, 0.15) is 0 Å². The fourth-order valence-corrected chi connectivity index (χ4v) is 21.8. The quantitative estimate of drug-likeness (QED) is 0.0738. The molecular formula is C123H256N6. The van der Waals surface area contributed by atoms with Crippen LogP contribution >= 0.6 is 0 Å². The summed E-state index contributed by atoms with van der Waals surface area (Å²) >= 11 is 0. The third kappa shape index (κ3) is 60.5. The zero-order chi connectivity index (χ0) is 99.6. The fourth-order valence-electron chi connectivity index (χ4n) is 21.8. The Hall–Kier alpha value is -0.240. The van der Waals surface area contributed by atoms with E-state index >= 15 is 0 Å². The van der Waals surface area contributed by atoms with Crippen LogP contribution in [0, 0.1) is 178 Å². The second kappa shape index (κ2) is 72.1. The van der Waals surface area contributed by atoms with E-state index in [1.54, 1.807) is 0 Å². The lowest BCUT2D eigenvalue weighted by Gasteiger charge is -2.44. The van der Waals surface area contributed by atoms with Gasteiger partial charge in [-0.3, -0.25) is 9.80 Å². The molecule has 10 aliphatic rings. The minimum Gasteiger partial charge on any atom is -0.301 e. The molecule has 4 saturated carbocycles. The predicted molar refractivity (Wildman–Crippen MR) is 592 cm³/mol. The van der Waals surface area contributed by atoms with Crippen LogP contribution in [0.4, 0.5) is 0 Å². The predicted octanol–water partition coefficient (Wildman–Crippen LogP) is 36.7. The molecule has 4 aliphatic carbocycles. The Morgan fingerprint density at radius 2 is 0.364 bits per heavy atom. The van der Waals surface area contributed by atoms with E-state index in [0.29, 0.717) is 0 Å². The summed E-state index contributed by atoms with van der Waals surface area (Å²) in [7, 11) is 0. The van der Waals surface area contributed by atoms with E-state index in [4.69, 9.17) is 0 Å². The summed E-state index contributed by atoms with van der Waals surface area (Å²) in [6.07, 6.45) is 39.0. The molecule has 6 aliphatic heterocycles. The van der Waals surface area contributed by atoms with Gasteiger partial charge >= 0.3 is 0 Å². The molecule has 0 spiro atoms. The SMILES string of the molecule is CC(C)C1CC(C(C)C)C1.CC(C)C1CC(C(C)C)C1.CC(C)C1CCC(C(C)C)CC1.CC(C)C1CCC(C(C)C)CC1.CC(C)C1CCN(C(C)C)C1.CC(C)C1CCN(C(C)C)C1.CC(C)CC1CCN1C(C)C.CC(C)CCC(C)C.CC(C)CCCC(C)C.CC(C)C[C@@H]1CCN1C(C)C.CC(C)[C@@H]1CCCN(C(C)C)C1.CC(C)[C@H]1CCCN(C(C)C)C1. The van der Waals surface area contributed by atoms with Crippen LogP contribution in [-0.4, -0.2) is 143 Å². The van der Waals surface area contributed by atoms with Crippen molar-refractivity contribution in [2.45, 2.75) is 554 Å². The first kappa shape index (κ1) is 131. The monoisotopic (exact) mass is 1820 g/mol. The highest BCUT2D eigenvalue weighted by Crippen LogP contribution is 2.45. The molecule has 6 heterocycles. The second-order valence-corrected chi connectivity index (χ2v) is 53.4. The molecule has 10 rings (SSSR count). The Morgan fingerprint density at radius 1 is 0.171 bits per heavy atom. The molecule has 0 aromatic rings. The van der Waals surface area contributed by atoms with Crippen LogP contribution in [0.1, 0.15) is 506 Å². The topological polar surface area (TPSA) is 19.4 Å². The van der Waals surface area contributed by atoms with E-state index < -0.39 is 0 Å². The van der Waals surface area contributed by atoms with Crippen molar-refractivity contribution in [3.05, 3.63) is 0 Å². The highest BCUT2D eigenvalue weighted by molar-refractivity contribution is 4.90. The number of piperidine rings is 2. The average Bonchev–Trinajstić information content (AvgIpc) is 1.34. The summed E-state index contributed by atoms with van der Waals surface area (Å²) in [6.45, 7) is 125. The zero-order valence-electron chi connectivity index (χ0n) is 98.8. The van der Waals surface area contributed by atoms with Crippen molar-refractivity contribution in [1.29, 1.82) is 0 Å². The first-order valence-corrected chi connectivity index (χ1v) is 58.3. The lowest BCUT2D eigenvalue weighted by molar-refractivity contribution is 0.0427. The van der Waals surface area contributed by atoms with Crippen LogP contribution in [0.25, 0.3) is 0 Å². The lowest BCUT2D eigenvalue weighted by atomic mass is 9.65. The van der Waals surface area contributed by atoms with E-state index in [2.05, 4.69) is 362 Å². The summed E-state index contributed by atoms with van der Waals surface area (Å²) in [5.74, 6) is 28.2. The minimum atomic E-state index is 0.742. The number of hydrogen-bond donors (Lipinski definition) is 0. The van der Waals surface area contributed by atoms with E-state index in [-0.39, 0.29) is 0 Å². The maximum absolute atomic E-state index is 2.62. The first-order chi connectivity index (χ1) is 59.8. The minimum absolute atomic E-state index is 0.742. The smallest absolute Gasteiger partial charge is 0.0113 e. The molecule has 0 N–H and O–H groups in total. The van der Waals surface area contributed by atoms with Crippen LogP contribution in [0.15, 0.2) is 0 Å². The van der Waals surface area contributed by atoms with Gasteiger partial charge in [-0.1, -0.05) is 281 Å². The zero-order valence-corrected chi connectivity index (χ0v) is 98.8. The van der Waals surface area contributed by atoms with Crippen molar-refractivity contribution in [3.8, 4) is 0 Å². The van der Waals surface area contributed by atoms with Gasteiger partial charge in [-0.15, -0.1) is 0 Å². The Labute approximate surface area is 821 Å². The molecule has 0 amide bonds. The number of hydrogen-bond acceptors (Lipinski definition) is 6. The van der Waals surface area contributed by atoms with Gasteiger partial charge in [0.2, 0.25) is 0 Å². The van der Waals surface area contributed by atoms with Crippen molar-refractivity contribution < 1.29 is 0 Å². The van der Waals surface area contributed by atoms with E-state index in [1.165, 1.54) is 239 Å². The molecule has 129 heavy (non-hydrogen) atoms. The Balaban J connectivity index is 0. The van der Waals surface area contributed by atoms with Gasteiger partial charge in [0.15, 0.2) is 0 Å². The summed E-state index contributed by atoms with van der Waals surface area (Å²) in [5.41, 5.74) is 0. The number of nitrogens with zero attached hydrogens (tertiary/aromatic N) is 6. The Morgan fingerprint density at radius 3 is 0.504 bits per heavy atom. The largest absolute Gasteiger partial charge is 0.301 e. The maximum Gasteiger partial charge on any atom is 0.0113 e. The second-order valence-electron chi connectivity index (χ2n) is 53.4. The van der Waals surface area contributed by atoms with Gasteiger partial charge in [-0.05, 0) is 428 Å². The molecule has 0 aromatic carbocycles. The van der Waals surface area contributed by atoms with Gasteiger partial charge in [0.05, 0.1) is 0 Å². The lowest BCUT2D eigenvalue weighted by Crippen LogP contribution is -2.51. The number of likely N-dealkylation sites (tertiary alicyclic amines) is 6. The van der Waals surface area contributed by atoms with E-state index in [0.717, 1.165) is 226 Å². The van der Waals surface area contributed by atoms with Crippen molar-refractivity contribution in [1.82, 2.24) is 29.4 Å². The van der Waals surface area contributed by atoms with E-state index in [9.17, 15) is 0 Å².